The number of carbonyl (C=O) groups excluding carboxylic acids is 1. The molecule has 1 aliphatic carbocycles. The van der Waals surface area contributed by atoms with E-state index in [1.165, 1.54) is 0 Å². The molecule has 0 radical (unpaired) electrons. The second kappa shape index (κ2) is 5.20. The minimum absolute atomic E-state index is 0.0582. The van der Waals surface area contributed by atoms with Crippen molar-refractivity contribution in [3.63, 3.8) is 0 Å². The van der Waals surface area contributed by atoms with Gasteiger partial charge in [0.1, 0.15) is 5.75 Å². The van der Waals surface area contributed by atoms with Crippen molar-refractivity contribution in [2.45, 2.75) is 32.1 Å². The Morgan fingerprint density at radius 2 is 1.54 bits per heavy atom. The zero-order valence-electron chi connectivity index (χ0n) is 14.0. The first-order valence-electron chi connectivity index (χ1n) is 8.35. The van der Waals surface area contributed by atoms with Crippen molar-refractivity contribution in [3.8, 4) is 16.9 Å². The molecule has 3 aromatic rings. The average molecular weight is 316 g/mol. The first-order valence-corrected chi connectivity index (χ1v) is 8.35. The molecule has 1 N–H and O–H groups in total. The maximum Gasteiger partial charge on any atom is 0.163 e. The SMILES string of the molecule is CC1(C)CCC(=O)c2cc(-c3ccc4cc(O)ccc4c3)ccc21. The van der Waals surface area contributed by atoms with Gasteiger partial charge in [-0.25, -0.2) is 0 Å². The maximum absolute atomic E-state index is 12.4. The molecule has 2 heteroatoms. The van der Waals surface area contributed by atoms with Crippen LogP contribution in [0.1, 0.15) is 42.6 Å². The molecule has 1 aliphatic rings. The molecule has 0 atom stereocenters. The van der Waals surface area contributed by atoms with Gasteiger partial charge in [0.2, 0.25) is 0 Å². The minimum atomic E-state index is 0.0582. The molecule has 0 spiro atoms. The van der Waals surface area contributed by atoms with Gasteiger partial charge in [-0.15, -0.1) is 0 Å². The monoisotopic (exact) mass is 316 g/mol. The second-order valence-corrected chi connectivity index (χ2v) is 7.31. The second-order valence-electron chi connectivity index (χ2n) is 7.31. The average Bonchev–Trinajstić information content (AvgIpc) is 2.58. The largest absolute Gasteiger partial charge is 0.508 e. The Balaban J connectivity index is 1.84. The van der Waals surface area contributed by atoms with Crippen LogP contribution < -0.4 is 0 Å². The summed E-state index contributed by atoms with van der Waals surface area (Å²) in [6, 6.07) is 17.8. The van der Waals surface area contributed by atoms with Gasteiger partial charge in [-0.05, 0) is 63.6 Å². The third-order valence-electron chi connectivity index (χ3n) is 5.18. The fourth-order valence-corrected chi connectivity index (χ4v) is 3.65. The predicted octanol–water partition coefficient (Wildman–Crippen LogP) is 5.47. The van der Waals surface area contributed by atoms with E-state index in [1.807, 2.05) is 24.3 Å². The van der Waals surface area contributed by atoms with E-state index in [0.717, 1.165) is 39.4 Å². The highest BCUT2D eigenvalue weighted by molar-refractivity contribution is 6.00. The zero-order chi connectivity index (χ0) is 16.9. The molecule has 0 unspecified atom stereocenters. The molecular weight excluding hydrogens is 296 g/mol. The molecule has 0 fully saturated rings. The number of fused-ring (bicyclic) bond motifs is 2. The number of aromatic hydroxyl groups is 1. The summed E-state index contributed by atoms with van der Waals surface area (Å²) in [7, 11) is 0. The van der Waals surface area contributed by atoms with Gasteiger partial charge < -0.3 is 5.11 Å². The van der Waals surface area contributed by atoms with Crippen molar-refractivity contribution in [1.29, 1.82) is 0 Å². The molecule has 4 rings (SSSR count). The molecule has 24 heavy (non-hydrogen) atoms. The third-order valence-corrected chi connectivity index (χ3v) is 5.18. The Bertz CT molecular complexity index is 967. The van der Waals surface area contributed by atoms with Gasteiger partial charge in [0.15, 0.2) is 5.78 Å². The number of phenolic OH excluding ortho intramolecular Hbond substituents is 1. The standard InChI is InChI=1S/C22H20O2/c1-22(2)10-9-21(24)19-13-17(6-8-20(19)22)14-3-4-16-12-18(23)7-5-15(16)11-14/h3-8,11-13,23H,9-10H2,1-2H3. The first kappa shape index (κ1) is 14.9. The van der Waals surface area contributed by atoms with E-state index in [4.69, 9.17) is 0 Å². The minimum Gasteiger partial charge on any atom is -0.508 e. The van der Waals surface area contributed by atoms with E-state index in [2.05, 4.69) is 32.0 Å². The highest BCUT2D eigenvalue weighted by atomic mass is 16.3. The van der Waals surface area contributed by atoms with Gasteiger partial charge in [-0.3, -0.25) is 4.79 Å². The van der Waals surface area contributed by atoms with E-state index in [1.54, 1.807) is 12.1 Å². The van der Waals surface area contributed by atoms with E-state index in [9.17, 15) is 9.90 Å². The Morgan fingerprint density at radius 1 is 0.875 bits per heavy atom. The molecule has 0 aliphatic heterocycles. The smallest absolute Gasteiger partial charge is 0.163 e. The van der Waals surface area contributed by atoms with Crippen LogP contribution in [0, 0.1) is 0 Å². The summed E-state index contributed by atoms with van der Waals surface area (Å²) in [6.45, 7) is 4.42. The lowest BCUT2D eigenvalue weighted by Crippen LogP contribution is -2.27. The van der Waals surface area contributed by atoms with Crippen LogP contribution in [0.4, 0.5) is 0 Å². The topological polar surface area (TPSA) is 37.3 Å². The Morgan fingerprint density at radius 3 is 2.38 bits per heavy atom. The predicted molar refractivity (Wildman–Crippen MR) is 97.6 cm³/mol. The fraction of sp³-hybridized carbons (Fsp3) is 0.227. The Kier molecular flexibility index (Phi) is 3.24. The van der Waals surface area contributed by atoms with E-state index >= 15 is 0 Å². The molecule has 0 saturated carbocycles. The van der Waals surface area contributed by atoms with E-state index in [0.29, 0.717) is 6.42 Å². The molecule has 0 aromatic heterocycles. The quantitative estimate of drug-likeness (QED) is 0.646. The lowest BCUT2D eigenvalue weighted by atomic mass is 9.72. The summed E-state index contributed by atoms with van der Waals surface area (Å²) >= 11 is 0. The van der Waals surface area contributed by atoms with Crippen LogP contribution in [0.5, 0.6) is 5.75 Å². The van der Waals surface area contributed by atoms with Crippen molar-refractivity contribution in [3.05, 3.63) is 65.7 Å². The van der Waals surface area contributed by atoms with Crippen molar-refractivity contribution >= 4 is 16.6 Å². The summed E-state index contributed by atoms with van der Waals surface area (Å²) in [5.41, 5.74) is 4.24. The fourth-order valence-electron chi connectivity index (χ4n) is 3.65. The van der Waals surface area contributed by atoms with Crippen LogP contribution in [-0.4, -0.2) is 10.9 Å². The lowest BCUT2D eigenvalue weighted by Gasteiger charge is -2.32. The lowest BCUT2D eigenvalue weighted by molar-refractivity contribution is 0.0957. The van der Waals surface area contributed by atoms with Gasteiger partial charge in [0.05, 0.1) is 0 Å². The van der Waals surface area contributed by atoms with Gasteiger partial charge in [-0.1, -0.05) is 44.2 Å². The molecule has 120 valence electrons. The number of benzene rings is 3. The number of carbonyl (C=O) groups is 1. The van der Waals surface area contributed by atoms with Crippen LogP contribution in [-0.2, 0) is 5.41 Å². The van der Waals surface area contributed by atoms with Gasteiger partial charge >= 0.3 is 0 Å². The number of hydrogen-bond donors (Lipinski definition) is 1. The highest BCUT2D eigenvalue weighted by Crippen LogP contribution is 2.38. The Hall–Kier alpha value is -2.61. The van der Waals surface area contributed by atoms with Gasteiger partial charge in [0.25, 0.3) is 0 Å². The Labute approximate surface area is 141 Å². The van der Waals surface area contributed by atoms with Crippen molar-refractivity contribution < 1.29 is 9.90 Å². The van der Waals surface area contributed by atoms with Crippen LogP contribution >= 0.6 is 0 Å². The number of rotatable bonds is 1. The van der Waals surface area contributed by atoms with Crippen molar-refractivity contribution in [2.24, 2.45) is 0 Å². The highest BCUT2D eigenvalue weighted by Gasteiger charge is 2.31. The molecule has 0 bridgehead atoms. The summed E-state index contributed by atoms with van der Waals surface area (Å²) < 4.78 is 0. The summed E-state index contributed by atoms with van der Waals surface area (Å²) in [5.74, 6) is 0.522. The first-order chi connectivity index (χ1) is 11.4. The van der Waals surface area contributed by atoms with Gasteiger partial charge in [-0.2, -0.15) is 0 Å². The molecule has 0 heterocycles. The van der Waals surface area contributed by atoms with Crippen LogP contribution in [0.3, 0.4) is 0 Å². The van der Waals surface area contributed by atoms with Crippen LogP contribution in [0.15, 0.2) is 54.6 Å². The normalized spacial score (nSPS) is 16.2. The number of Topliss-reactive ketones (excluding diaryl/α,β-unsaturated/α-hetero) is 1. The van der Waals surface area contributed by atoms with E-state index in [-0.39, 0.29) is 16.9 Å². The number of hydrogen-bond acceptors (Lipinski definition) is 2. The maximum atomic E-state index is 12.4. The zero-order valence-corrected chi connectivity index (χ0v) is 14.0. The third kappa shape index (κ3) is 2.39. The van der Waals surface area contributed by atoms with Crippen LogP contribution in [0.25, 0.3) is 21.9 Å². The summed E-state index contributed by atoms with van der Waals surface area (Å²) in [5, 5.41) is 11.7. The molecular formula is C22H20O2. The molecule has 2 nitrogen and oxygen atoms in total. The molecule has 0 saturated heterocycles. The number of ketones is 1. The number of phenols is 1. The van der Waals surface area contributed by atoms with Gasteiger partial charge in [0, 0.05) is 12.0 Å². The van der Waals surface area contributed by atoms with Crippen molar-refractivity contribution in [2.75, 3.05) is 0 Å². The molecule has 0 amide bonds. The van der Waals surface area contributed by atoms with Crippen LogP contribution in [0.2, 0.25) is 0 Å². The summed E-state index contributed by atoms with van der Waals surface area (Å²) in [6.07, 6.45) is 1.54. The summed E-state index contributed by atoms with van der Waals surface area (Å²) in [4.78, 5) is 12.4. The molecule has 3 aromatic carbocycles. The van der Waals surface area contributed by atoms with E-state index < -0.39 is 0 Å². The van der Waals surface area contributed by atoms with Crippen molar-refractivity contribution in [1.82, 2.24) is 0 Å².